The number of nitrogens with two attached hydrogens (primary N) is 1. The molecule has 0 aromatic carbocycles. The molecule has 0 saturated heterocycles. The summed E-state index contributed by atoms with van der Waals surface area (Å²) in [5.41, 5.74) is 7.09. The molecule has 0 aliphatic heterocycles. The molecule has 4 nitrogen and oxygen atoms in total. The number of hydrogen-bond acceptors (Lipinski definition) is 3. The minimum Gasteiger partial charge on any atom is -0.455 e. The van der Waals surface area contributed by atoms with Gasteiger partial charge in [-0.3, -0.25) is 5.10 Å². The van der Waals surface area contributed by atoms with Gasteiger partial charge in [-0.1, -0.05) is 13.8 Å². The highest BCUT2D eigenvalue weighted by Crippen LogP contribution is 2.26. The number of nitrogens with one attached hydrogen (secondary N) is 1. The summed E-state index contributed by atoms with van der Waals surface area (Å²) in [5.74, 6) is 1.74. The maximum Gasteiger partial charge on any atom is 0.195 e. The normalized spacial score (nSPS) is 11.6. The second-order valence-corrected chi connectivity index (χ2v) is 3.16. The van der Waals surface area contributed by atoms with Crippen LogP contribution in [0.1, 0.15) is 25.5 Å². The van der Waals surface area contributed by atoms with Gasteiger partial charge in [0.05, 0.1) is 0 Å². The number of aromatic amines is 1. The highest BCUT2D eigenvalue weighted by atomic mass is 16.3. The lowest BCUT2D eigenvalue weighted by atomic mass is 10.2. The summed E-state index contributed by atoms with van der Waals surface area (Å²) in [6, 6.07) is 1.93. The third-order valence-electron chi connectivity index (χ3n) is 1.85. The molecule has 3 N–H and O–H groups in total. The number of nitrogens with zero attached hydrogens (tertiary/aromatic N) is 1. The Bertz CT molecular complexity index is 399. The minimum absolute atomic E-state index is 0.380. The number of H-pyrrole nitrogens is 1. The van der Waals surface area contributed by atoms with E-state index in [0.29, 0.717) is 17.3 Å². The fourth-order valence-electron chi connectivity index (χ4n) is 1.14. The number of aromatic nitrogens is 2. The molecular formula is C8H11N3O. The summed E-state index contributed by atoms with van der Waals surface area (Å²) >= 11 is 0. The van der Waals surface area contributed by atoms with Crippen molar-refractivity contribution in [3.8, 4) is 0 Å². The Labute approximate surface area is 69.7 Å². The molecular weight excluding hydrogens is 154 g/mol. The zero-order chi connectivity index (χ0) is 8.72. The Morgan fingerprint density at radius 3 is 2.92 bits per heavy atom. The lowest BCUT2D eigenvalue weighted by Gasteiger charge is -1.96. The Kier molecular flexibility index (Phi) is 1.36. The zero-order valence-corrected chi connectivity index (χ0v) is 7.09. The van der Waals surface area contributed by atoms with Gasteiger partial charge in [0.2, 0.25) is 0 Å². The smallest absolute Gasteiger partial charge is 0.195 e. The van der Waals surface area contributed by atoms with E-state index in [1.807, 2.05) is 6.07 Å². The first-order chi connectivity index (χ1) is 5.68. The van der Waals surface area contributed by atoms with Gasteiger partial charge in [0, 0.05) is 12.0 Å². The minimum atomic E-state index is 0.380. The van der Waals surface area contributed by atoms with Crippen LogP contribution in [0.2, 0.25) is 0 Å². The molecule has 0 aliphatic rings. The number of rotatable bonds is 1. The quantitative estimate of drug-likeness (QED) is 0.677. The van der Waals surface area contributed by atoms with E-state index in [1.54, 1.807) is 0 Å². The lowest BCUT2D eigenvalue weighted by molar-refractivity contribution is 0.522. The standard InChI is InChI=1S/C8H11N3O/c1-4(2)6-3-5-7(12-6)8(9)11-10-5/h3-4H,1-2H3,(H3,9,10,11). The van der Waals surface area contributed by atoms with E-state index >= 15 is 0 Å². The molecule has 0 bridgehead atoms. The Morgan fingerprint density at radius 2 is 2.33 bits per heavy atom. The maximum absolute atomic E-state index is 5.55. The monoisotopic (exact) mass is 165 g/mol. The summed E-state index contributed by atoms with van der Waals surface area (Å²) in [4.78, 5) is 0. The SMILES string of the molecule is CC(C)c1cc2[nH]nc(N)c2o1. The van der Waals surface area contributed by atoms with Crippen molar-refractivity contribution < 1.29 is 4.42 Å². The van der Waals surface area contributed by atoms with Crippen LogP contribution in [0, 0.1) is 0 Å². The molecule has 2 rings (SSSR count). The van der Waals surface area contributed by atoms with E-state index in [0.717, 1.165) is 11.3 Å². The van der Waals surface area contributed by atoms with Gasteiger partial charge in [-0.15, -0.1) is 0 Å². The van der Waals surface area contributed by atoms with Crippen LogP contribution in [-0.2, 0) is 0 Å². The molecule has 0 radical (unpaired) electrons. The molecule has 2 aromatic rings. The number of furan rings is 1. The average Bonchev–Trinajstić information content (AvgIpc) is 2.53. The summed E-state index contributed by atoms with van der Waals surface area (Å²) in [7, 11) is 0. The van der Waals surface area contributed by atoms with Crippen LogP contribution < -0.4 is 5.73 Å². The average molecular weight is 165 g/mol. The topological polar surface area (TPSA) is 67.8 Å². The predicted octanol–water partition coefficient (Wildman–Crippen LogP) is 1.86. The van der Waals surface area contributed by atoms with Crippen molar-refractivity contribution in [3.05, 3.63) is 11.8 Å². The number of fused-ring (bicyclic) bond motifs is 1. The van der Waals surface area contributed by atoms with Gasteiger partial charge in [-0.25, -0.2) is 0 Å². The highest BCUT2D eigenvalue weighted by molar-refractivity contribution is 5.83. The first-order valence-electron chi connectivity index (χ1n) is 3.91. The van der Waals surface area contributed by atoms with Crippen LogP contribution in [0.25, 0.3) is 11.1 Å². The summed E-state index contributed by atoms with van der Waals surface area (Å²) in [5, 5.41) is 6.61. The van der Waals surface area contributed by atoms with E-state index in [-0.39, 0.29) is 0 Å². The molecule has 0 amide bonds. The first-order valence-corrected chi connectivity index (χ1v) is 3.91. The largest absolute Gasteiger partial charge is 0.455 e. The molecule has 4 heteroatoms. The van der Waals surface area contributed by atoms with Crippen LogP contribution in [0.3, 0.4) is 0 Å². The van der Waals surface area contributed by atoms with Gasteiger partial charge in [-0.05, 0) is 0 Å². The van der Waals surface area contributed by atoms with E-state index < -0.39 is 0 Å². The Morgan fingerprint density at radius 1 is 1.58 bits per heavy atom. The second kappa shape index (κ2) is 2.27. The molecule has 0 unspecified atom stereocenters. The van der Waals surface area contributed by atoms with E-state index in [4.69, 9.17) is 10.2 Å². The van der Waals surface area contributed by atoms with Gasteiger partial charge >= 0.3 is 0 Å². The van der Waals surface area contributed by atoms with Gasteiger partial charge in [-0.2, -0.15) is 5.10 Å². The van der Waals surface area contributed by atoms with Crippen molar-refractivity contribution in [2.24, 2.45) is 0 Å². The third kappa shape index (κ3) is 0.879. The number of nitrogen functional groups attached to an aromatic ring is 1. The van der Waals surface area contributed by atoms with Crippen LogP contribution in [0.4, 0.5) is 5.82 Å². The van der Waals surface area contributed by atoms with Gasteiger partial charge in [0.1, 0.15) is 11.3 Å². The second-order valence-electron chi connectivity index (χ2n) is 3.16. The van der Waals surface area contributed by atoms with Crippen molar-refractivity contribution in [1.29, 1.82) is 0 Å². The lowest BCUT2D eigenvalue weighted by Crippen LogP contribution is -1.85. The van der Waals surface area contributed by atoms with Gasteiger partial charge in [0.25, 0.3) is 0 Å². The molecule has 0 atom stereocenters. The third-order valence-corrected chi connectivity index (χ3v) is 1.85. The number of anilines is 1. The molecule has 12 heavy (non-hydrogen) atoms. The summed E-state index contributed by atoms with van der Waals surface area (Å²) in [6.45, 7) is 4.14. The van der Waals surface area contributed by atoms with Crippen molar-refractivity contribution in [2.75, 3.05) is 5.73 Å². The van der Waals surface area contributed by atoms with E-state index in [1.165, 1.54) is 0 Å². The van der Waals surface area contributed by atoms with Crippen molar-refractivity contribution >= 4 is 16.9 Å². The maximum atomic E-state index is 5.55. The molecule has 0 saturated carbocycles. The molecule has 0 aliphatic carbocycles. The zero-order valence-electron chi connectivity index (χ0n) is 7.09. The van der Waals surface area contributed by atoms with Gasteiger partial charge < -0.3 is 10.2 Å². The first kappa shape index (κ1) is 7.21. The summed E-state index contributed by atoms with van der Waals surface area (Å²) < 4.78 is 5.48. The van der Waals surface area contributed by atoms with Crippen LogP contribution in [0.15, 0.2) is 10.5 Å². The Balaban J connectivity index is 2.63. The Hall–Kier alpha value is -1.45. The van der Waals surface area contributed by atoms with Crippen molar-refractivity contribution in [1.82, 2.24) is 10.2 Å². The molecule has 64 valence electrons. The number of hydrogen-bond donors (Lipinski definition) is 2. The fourth-order valence-corrected chi connectivity index (χ4v) is 1.14. The summed E-state index contributed by atoms with van der Waals surface area (Å²) in [6.07, 6.45) is 0. The van der Waals surface area contributed by atoms with Crippen LogP contribution in [-0.4, -0.2) is 10.2 Å². The van der Waals surface area contributed by atoms with Crippen molar-refractivity contribution in [3.63, 3.8) is 0 Å². The van der Waals surface area contributed by atoms with Crippen LogP contribution >= 0.6 is 0 Å². The van der Waals surface area contributed by atoms with Gasteiger partial charge in [0.15, 0.2) is 11.4 Å². The van der Waals surface area contributed by atoms with Crippen LogP contribution in [0.5, 0.6) is 0 Å². The fraction of sp³-hybridized carbons (Fsp3) is 0.375. The molecule has 0 fully saturated rings. The van der Waals surface area contributed by atoms with E-state index in [2.05, 4.69) is 24.0 Å². The predicted molar refractivity (Wildman–Crippen MR) is 46.9 cm³/mol. The highest BCUT2D eigenvalue weighted by Gasteiger charge is 2.11. The van der Waals surface area contributed by atoms with Crippen molar-refractivity contribution in [2.45, 2.75) is 19.8 Å². The molecule has 0 spiro atoms. The molecule has 2 aromatic heterocycles. The van der Waals surface area contributed by atoms with E-state index in [9.17, 15) is 0 Å². The molecule has 2 heterocycles.